The summed E-state index contributed by atoms with van der Waals surface area (Å²) in [6.07, 6.45) is -4.21. The highest BCUT2D eigenvalue weighted by Gasteiger charge is 2.17. The van der Waals surface area contributed by atoms with Gasteiger partial charge in [0.25, 0.3) is 6.36 Å². The zero-order valence-electron chi connectivity index (χ0n) is 5.38. The average Bonchev–Trinajstić information content (AvgIpc) is 2.00. The molecule has 0 rings (SSSR count). The van der Waals surface area contributed by atoms with E-state index in [9.17, 15) is 17.6 Å². The molecule has 0 radical (unpaired) electrons. The molecule has 11 heavy (non-hydrogen) atoms. The van der Waals surface area contributed by atoms with Gasteiger partial charge < -0.3 is 4.74 Å². The van der Waals surface area contributed by atoms with E-state index < -0.39 is 12.5 Å². The fourth-order valence-corrected chi connectivity index (χ4v) is 0.337. The van der Waals surface area contributed by atoms with Crippen LogP contribution >= 0.6 is 0 Å². The van der Waals surface area contributed by atoms with Crippen LogP contribution in [0, 0.1) is 0 Å². The van der Waals surface area contributed by atoms with Crippen LogP contribution in [0.5, 0.6) is 0 Å². The quantitative estimate of drug-likeness (QED) is 0.465. The van der Waals surface area contributed by atoms with E-state index >= 15 is 0 Å². The predicted octanol–water partition coefficient (Wildman–Crippen LogP) is 2.56. The Morgan fingerprint density at radius 3 is 2.18 bits per heavy atom. The summed E-state index contributed by atoms with van der Waals surface area (Å²) in [6, 6.07) is 0. The molecular weight excluding hydrogens is 164 g/mol. The molecule has 0 saturated heterocycles. The number of hydrogen-bond acceptors (Lipinski definition) is 1. The molecule has 1 nitrogen and oxygen atoms in total. The summed E-state index contributed by atoms with van der Waals surface area (Å²) < 4.78 is 50.4. The molecular formula is C6H6F4O. The van der Waals surface area contributed by atoms with Crippen molar-refractivity contribution in [1.82, 2.24) is 0 Å². The maximum Gasteiger partial charge on any atom is 0.272 e. The summed E-state index contributed by atoms with van der Waals surface area (Å²) in [7, 11) is 0. The Hall–Kier alpha value is -1.00. The van der Waals surface area contributed by atoms with Crippen molar-refractivity contribution in [2.75, 3.05) is 0 Å². The molecule has 0 amide bonds. The monoisotopic (exact) mass is 170 g/mol. The van der Waals surface area contributed by atoms with E-state index in [-0.39, 0.29) is 12.7 Å². The molecule has 0 aromatic heterocycles. The van der Waals surface area contributed by atoms with Gasteiger partial charge in [0.05, 0.1) is 6.33 Å². The average molecular weight is 170 g/mol. The Morgan fingerprint density at radius 2 is 1.73 bits per heavy atom. The highest BCUT2D eigenvalue weighted by molar-refractivity contribution is 4.85. The first-order valence-electron chi connectivity index (χ1n) is 2.68. The van der Waals surface area contributed by atoms with Gasteiger partial charge in [0, 0.05) is 0 Å². The van der Waals surface area contributed by atoms with Crippen LogP contribution < -0.4 is 0 Å². The predicted molar refractivity (Wildman–Crippen MR) is 31.4 cm³/mol. The molecule has 0 spiro atoms. The summed E-state index contributed by atoms with van der Waals surface area (Å²) in [5, 5.41) is 0. The number of alkyl halides is 2. The van der Waals surface area contributed by atoms with Gasteiger partial charge >= 0.3 is 0 Å². The largest absolute Gasteiger partial charge is 0.462 e. The Bertz CT molecular complexity index is 146. The molecule has 0 aliphatic rings. The van der Waals surface area contributed by atoms with E-state index in [2.05, 4.69) is 4.74 Å². The molecule has 0 aromatic carbocycles. The maximum atomic E-state index is 12.1. The minimum Gasteiger partial charge on any atom is -0.462 e. The minimum absolute atomic E-state index is 0.0987. The van der Waals surface area contributed by atoms with E-state index in [1.165, 1.54) is 0 Å². The van der Waals surface area contributed by atoms with Crippen LogP contribution in [-0.4, -0.2) is 12.5 Å². The lowest BCUT2D eigenvalue weighted by Gasteiger charge is -2.07. The van der Waals surface area contributed by atoms with Crippen LogP contribution in [0.25, 0.3) is 0 Å². The molecule has 5 heteroatoms. The van der Waals surface area contributed by atoms with Crippen molar-refractivity contribution in [2.45, 2.75) is 12.5 Å². The molecule has 0 saturated carbocycles. The highest BCUT2D eigenvalue weighted by atomic mass is 19.2. The third kappa shape index (κ3) is 4.41. The normalized spacial score (nSPS) is 17.5. The van der Waals surface area contributed by atoms with Crippen molar-refractivity contribution in [1.29, 1.82) is 0 Å². The fraction of sp³-hybridized carbons (Fsp3) is 0.333. The standard InChI is InChI=1S/C6H6F4O/c7-2-1-5(9)6(10)11-4-3-8/h1-6H. The molecule has 0 N–H and O–H groups in total. The zero-order chi connectivity index (χ0) is 8.69. The summed E-state index contributed by atoms with van der Waals surface area (Å²) in [4.78, 5) is 0. The van der Waals surface area contributed by atoms with Crippen LogP contribution in [-0.2, 0) is 4.74 Å². The molecule has 0 bridgehead atoms. The van der Waals surface area contributed by atoms with Gasteiger partial charge in [-0.3, -0.25) is 0 Å². The first kappa shape index (κ1) is 10.0. The van der Waals surface area contributed by atoms with Gasteiger partial charge in [-0.25, -0.2) is 13.2 Å². The molecule has 0 heterocycles. The van der Waals surface area contributed by atoms with E-state index in [0.717, 1.165) is 0 Å². The Labute approximate surface area is 61.0 Å². The van der Waals surface area contributed by atoms with Gasteiger partial charge in [0.15, 0.2) is 6.17 Å². The van der Waals surface area contributed by atoms with Crippen LogP contribution in [0.3, 0.4) is 0 Å². The van der Waals surface area contributed by atoms with Crippen molar-refractivity contribution in [3.05, 3.63) is 25.0 Å². The molecule has 0 fully saturated rings. The summed E-state index contributed by atoms with van der Waals surface area (Å²) in [5.74, 6) is 0. The smallest absolute Gasteiger partial charge is 0.272 e. The molecule has 2 atom stereocenters. The zero-order valence-corrected chi connectivity index (χ0v) is 5.38. The van der Waals surface area contributed by atoms with Crippen molar-refractivity contribution >= 4 is 0 Å². The SMILES string of the molecule is FC=COC(F)C(F)C=CF. The number of rotatable bonds is 4. The van der Waals surface area contributed by atoms with Gasteiger partial charge in [-0.1, -0.05) is 0 Å². The van der Waals surface area contributed by atoms with Crippen LogP contribution in [0.4, 0.5) is 17.6 Å². The second kappa shape index (κ2) is 5.76. The first-order valence-corrected chi connectivity index (χ1v) is 2.68. The third-order valence-corrected chi connectivity index (χ3v) is 0.767. The Morgan fingerprint density at radius 1 is 1.09 bits per heavy atom. The minimum atomic E-state index is -2.38. The van der Waals surface area contributed by atoms with E-state index in [4.69, 9.17) is 0 Å². The fourth-order valence-electron chi connectivity index (χ4n) is 0.337. The summed E-state index contributed by atoms with van der Waals surface area (Å²) >= 11 is 0. The van der Waals surface area contributed by atoms with Crippen molar-refractivity contribution in [3.63, 3.8) is 0 Å². The first-order chi connectivity index (χ1) is 5.22. The summed E-state index contributed by atoms with van der Waals surface area (Å²) in [5.41, 5.74) is 0. The molecule has 0 aliphatic carbocycles. The van der Waals surface area contributed by atoms with Crippen LogP contribution in [0.1, 0.15) is 0 Å². The lowest BCUT2D eigenvalue weighted by molar-refractivity contribution is -0.0227. The molecule has 0 aliphatic heterocycles. The number of halogens is 4. The number of ether oxygens (including phenoxy) is 1. The lowest BCUT2D eigenvalue weighted by atomic mass is 10.4. The van der Waals surface area contributed by atoms with Gasteiger partial charge in [-0.2, -0.15) is 4.39 Å². The summed E-state index contributed by atoms with van der Waals surface area (Å²) in [6.45, 7) is 0. The topological polar surface area (TPSA) is 9.23 Å². The molecule has 0 aromatic rings. The van der Waals surface area contributed by atoms with Crippen LogP contribution in [0.15, 0.2) is 25.0 Å². The second-order valence-electron chi connectivity index (χ2n) is 1.51. The molecule has 64 valence electrons. The van der Waals surface area contributed by atoms with Crippen LogP contribution in [0.2, 0.25) is 0 Å². The van der Waals surface area contributed by atoms with E-state index in [1.807, 2.05) is 0 Å². The van der Waals surface area contributed by atoms with Gasteiger partial charge in [-0.05, 0) is 6.08 Å². The maximum absolute atomic E-state index is 12.1. The van der Waals surface area contributed by atoms with Gasteiger partial charge in [0.2, 0.25) is 0 Å². The van der Waals surface area contributed by atoms with Crippen molar-refractivity contribution < 1.29 is 22.3 Å². The van der Waals surface area contributed by atoms with Crippen molar-refractivity contribution in [3.8, 4) is 0 Å². The Kier molecular flexibility index (Phi) is 5.24. The van der Waals surface area contributed by atoms with Gasteiger partial charge in [-0.15, -0.1) is 0 Å². The highest BCUT2D eigenvalue weighted by Crippen LogP contribution is 2.07. The van der Waals surface area contributed by atoms with E-state index in [1.54, 1.807) is 0 Å². The third-order valence-electron chi connectivity index (χ3n) is 0.767. The van der Waals surface area contributed by atoms with E-state index in [0.29, 0.717) is 12.3 Å². The Balaban J connectivity index is 3.72. The lowest BCUT2D eigenvalue weighted by Crippen LogP contribution is -2.15. The van der Waals surface area contributed by atoms with Gasteiger partial charge in [0.1, 0.15) is 12.6 Å². The molecule has 2 unspecified atom stereocenters. The van der Waals surface area contributed by atoms with Crippen molar-refractivity contribution in [2.24, 2.45) is 0 Å². The second-order valence-corrected chi connectivity index (χ2v) is 1.51. The number of hydrogen-bond donors (Lipinski definition) is 0.